The zero-order valence-electron chi connectivity index (χ0n) is 9.44. The van der Waals surface area contributed by atoms with Crippen molar-refractivity contribution in [3.63, 3.8) is 0 Å². The molecule has 0 aromatic heterocycles. The van der Waals surface area contributed by atoms with Crippen molar-refractivity contribution >= 4 is 5.97 Å². The summed E-state index contributed by atoms with van der Waals surface area (Å²) in [6, 6.07) is 5.20. The average Bonchev–Trinajstić information content (AvgIpc) is 3.10. The number of carboxylic acid groups (broad SMARTS) is 1. The second-order valence-electron chi connectivity index (χ2n) is 4.12. The van der Waals surface area contributed by atoms with Gasteiger partial charge in [-0.05, 0) is 30.9 Å². The summed E-state index contributed by atoms with van der Waals surface area (Å²) in [5, 5.41) is 8.82. The summed E-state index contributed by atoms with van der Waals surface area (Å²) in [7, 11) is 0. The van der Waals surface area contributed by atoms with E-state index in [0.717, 1.165) is 18.9 Å². The Morgan fingerprint density at radius 2 is 2.06 bits per heavy atom. The quantitative estimate of drug-likeness (QED) is 0.797. The molecule has 0 spiro atoms. The molecular formula is C12H12F2O4. The summed E-state index contributed by atoms with van der Waals surface area (Å²) < 4.78 is 35.3. The number of hydrogen-bond donors (Lipinski definition) is 1. The van der Waals surface area contributed by atoms with Crippen LogP contribution in [0.5, 0.6) is 5.75 Å². The van der Waals surface area contributed by atoms with Gasteiger partial charge in [0, 0.05) is 0 Å². The molecule has 6 heteroatoms. The van der Waals surface area contributed by atoms with Gasteiger partial charge in [-0.25, -0.2) is 4.79 Å². The maximum atomic E-state index is 13.3. The molecule has 0 bridgehead atoms. The Hall–Kier alpha value is -1.69. The first-order valence-electron chi connectivity index (χ1n) is 5.51. The van der Waals surface area contributed by atoms with E-state index in [4.69, 9.17) is 5.11 Å². The summed E-state index contributed by atoms with van der Waals surface area (Å²) in [5.74, 6) is -1.58. The molecule has 98 valence electrons. The Morgan fingerprint density at radius 1 is 1.39 bits per heavy atom. The molecular weight excluding hydrogens is 246 g/mol. The van der Waals surface area contributed by atoms with Crippen LogP contribution in [0, 0.1) is 5.92 Å². The number of ether oxygens (including phenoxy) is 2. The van der Waals surface area contributed by atoms with Crippen molar-refractivity contribution in [2.45, 2.75) is 19.1 Å². The molecule has 1 aromatic rings. The molecule has 0 saturated heterocycles. The van der Waals surface area contributed by atoms with E-state index >= 15 is 0 Å². The Labute approximate surface area is 102 Å². The topological polar surface area (TPSA) is 55.8 Å². The molecule has 4 nitrogen and oxygen atoms in total. The molecule has 1 saturated carbocycles. The van der Waals surface area contributed by atoms with Crippen molar-refractivity contribution in [1.82, 2.24) is 0 Å². The van der Waals surface area contributed by atoms with Crippen molar-refractivity contribution in [2.75, 3.05) is 6.61 Å². The number of alkyl halides is 2. The fraction of sp³-hybridized carbons (Fsp3) is 0.417. The molecule has 0 radical (unpaired) electrons. The summed E-state index contributed by atoms with van der Waals surface area (Å²) in [6.07, 6.45) is -2.06. The number of rotatable bonds is 6. The second kappa shape index (κ2) is 4.89. The molecule has 18 heavy (non-hydrogen) atoms. The van der Waals surface area contributed by atoms with Gasteiger partial charge in [0.25, 0.3) is 0 Å². The maximum Gasteiger partial charge on any atom is 0.535 e. The fourth-order valence-electron chi connectivity index (χ4n) is 1.39. The minimum Gasteiger partial charge on any atom is -0.478 e. The number of carboxylic acids is 1. The predicted molar refractivity (Wildman–Crippen MR) is 57.7 cm³/mol. The Morgan fingerprint density at radius 3 is 2.67 bits per heavy atom. The second-order valence-corrected chi connectivity index (χ2v) is 4.12. The molecule has 0 heterocycles. The number of aromatic carboxylic acids is 1. The van der Waals surface area contributed by atoms with Gasteiger partial charge in [-0.2, -0.15) is 0 Å². The molecule has 0 amide bonds. The van der Waals surface area contributed by atoms with Crippen LogP contribution < -0.4 is 4.74 Å². The highest BCUT2D eigenvalue weighted by Crippen LogP contribution is 2.32. The van der Waals surface area contributed by atoms with Crippen molar-refractivity contribution in [1.29, 1.82) is 0 Å². The van der Waals surface area contributed by atoms with Gasteiger partial charge in [-0.3, -0.25) is 4.74 Å². The van der Waals surface area contributed by atoms with Crippen LogP contribution in [-0.4, -0.2) is 24.0 Å². The number of halogens is 2. The minimum atomic E-state index is -3.81. The number of carbonyl (C=O) groups is 1. The normalized spacial score (nSPS) is 15.4. The van der Waals surface area contributed by atoms with E-state index in [1.165, 1.54) is 18.2 Å². The standard InChI is InChI=1S/C12H12F2O4/c13-12(14,17-7-8-5-6-8)18-10-4-2-1-3-9(10)11(15)16/h1-4,8H,5-7H2,(H,15,16). The number of para-hydroxylation sites is 1. The van der Waals surface area contributed by atoms with Gasteiger partial charge >= 0.3 is 12.3 Å². The van der Waals surface area contributed by atoms with E-state index in [1.54, 1.807) is 0 Å². The van der Waals surface area contributed by atoms with E-state index in [-0.39, 0.29) is 18.1 Å². The summed E-state index contributed by atoms with van der Waals surface area (Å²) in [5.41, 5.74) is -0.327. The molecule has 0 unspecified atom stereocenters. The van der Waals surface area contributed by atoms with Crippen molar-refractivity contribution in [3.8, 4) is 5.75 Å². The molecule has 1 aromatic carbocycles. The van der Waals surface area contributed by atoms with Gasteiger partial charge in [-0.15, -0.1) is 8.78 Å². The van der Waals surface area contributed by atoms with Crippen LogP contribution >= 0.6 is 0 Å². The van der Waals surface area contributed by atoms with Crippen LogP contribution in [0.1, 0.15) is 23.2 Å². The van der Waals surface area contributed by atoms with E-state index in [2.05, 4.69) is 9.47 Å². The van der Waals surface area contributed by atoms with Crippen molar-refractivity contribution in [2.24, 2.45) is 5.92 Å². The van der Waals surface area contributed by atoms with Gasteiger partial charge in [-0.1, -0.05) is 12.1 Å². The zero-order valence-corrected chi connectivity index (χ0v) is 9.44. The van der Waals surface area contributed by atoms with Gasteiger partial charge < -0.3 is 9.84 Å². The van der Waals surface area contributed by atoms with E-state index in [0.29, 0.717) is 0 Å². The SMILES string of the molecule is O=C(O)c1ccccc1OC(F)(F)OCC1CC1. The van der Waals surface area contributed by atoms with Crippen molar-refractivity contribution < 1.29 is 28.2 Å². The van der Waals surface area contributed by atoms with Crippen LogP contribution in [0.15, 0.2) is 24.3 Å². The Balaban J connectivity index is 2.04. The lowest BCUT2D eigenvalue weighted by Crippen LogP contribution is -2.30. The van der Waals surface area contributed by atoms with Gasteiger partial charge in [0.1, 0.15) is 11.3 Å². The van der Waals surface area contributed by atoms with Gasteiger partial charge in [0.05, 0.1) is 6.61 Å². The van der Waals surface area contributed by atoms with Crippen LogP contribution in [-0.2, 0) is 4.74 Å². The zero-order chi connectivity index (χ0) is 13.2. The molecule has 1 aliphatic rings. The lowest BCUT2D eigenvalue weighted by Gasteiger charge is -2.18. The Kier molecular flexibility index (Phi) is 3.47. The highest BCUT2D eigenvalue weighted by molar-refractivity contribution is 5.90. The monoisotopic (exact) mass is 258 g/mol. The molecule has 1 N–H and O–H groups in total. The summed E-state index contributed by atoms with van der Waals surface area (Å²) in [4.78, 5) is 10.8. The lowest BCUT2D eigenvalue weighted by molar-refractivity contribution is -0.354. The first-order chi connectivity index (χ1) is 8.48. The van der Waals surface area contributed by atoms with Crippen molar-refractivity contribution in [3.05, 3.63) is 29.8 Å². The highest BCUT2D eigenvalue weighted by Gasteiger charge is 2.37. The third kappa shape index (κ3) is 3.40. The third-order valence-electron chi connectivity index (χ3n) is 2.53. The van der Waals surface area contributed by atoms with Gasteiger partial charge in [0.15, 0.2) is 0 Å². The van der Waals surface area contributed by atoms with Crippen LogP contribution in [0.4, 0.5) is 8.78 Å². The first-order valence-corrected chi connectivity index (χ1v) is 5.51. The molecule has 0 atom stereocenters. The third-order valence-corrected chi connectivity index (χ3v) is 2.53. The number of benzene rings is 1. The Bertz CT molecular complexity index is 443. The average molecular weight is 258 g/mol. The summed E-state index contributed by atoms with van der Waals surface area (Å²) in [6.45, 7) is -0.0811. The minimum absolute atomic E-state index is 0.0811. The molecule has 2 rings (SSSR count). The molecule has 0 aliphatic heterocycles. The largest absolute Gasteiger partial charge is 0.535 e. The lowest BCUT2D eigenvalue weighted by atomic mass is 10.2. The maximum absolute atomic E-state index is 13.3. The van der Waals surface area contributed by atoms with E-state index < -0.39 is 18.0 Å². The fourth-order valence-corrected chi connectivity index (χ4v) is 1.39. The van der Waals surface area contributed by atoms with Crippen LogP contribution in [0.2, 0.25) is 0 Å². The van der Waals surface area contributed by atoms with E-state index in [9.17, 15) is 13.6 Å². The predicted octanol–water partition coefficient (Wildman–Crippen LogP) is 2.74. The highest BCUT2D eigenvalue weighted by atomic mass is 19.3. The van der Waals surface area contributed by atoms with Crippen LogP contribution in [0.3, 0.4) is 0 Å². The van der Waals surface area contributed by atoms with Crippen LogP contribution in [0.25, 0.3) is 0 Å². The molecule has 1 fully saturated rings. The number of hydrogen-bond acceptors (Lipinski definition) is 3. The van der Waals surface area contributed by atoms with Gasteiger partial charge in [0.2, 0.25) is 0 Å². The molecule has 1 aliphatic carbocycles. The first kappa shape index (κ1) is 12.8. The van der Waals surface area contributed by atoms with E-state index in [1.807, 2.05) is 0 Å². The summed E-state index contributed by atoms with van der Waals surface area (Å²) >= 11 is 0. The smallest absolute Gasteiger partial charge is 0.478 e.